The first-order chi connectivity index (χ1) is 17.5. The fraction of sp³-hybridized carbons (Fsp3) is 0.269. The van der Waals surface area contributed by atoms with Gasteiger partial charge in [-0.05, 0) is 61.6 Å². The van der Waals surface area contributed by atoms with Gasteiger partial charge in [0.05, 0.1) is 17.2 Å². The first kappa shape index (κ1) is 26.8. The molecule has 1 heterocycles. The highest BCUT2D eigenvalue weighted by atomic mass is 35.5. The molecule has 1 aliphatic rings. The number of ether oxygens (including phenoxy) is 1. The van der Waals surface area contributed by atoms with E-state index in [0.717, 1.165) is 19.3 Å². The van der Waals surface area contributed by atoms with Crippen LogP contribution in [-0.4, -0.2) is 44.8 Å². The number of nitrogens with zero attached hydrogens (tertiary/aromatic N) is 2. The molecule has 0 saturated heterocycles. The van der Waals surface area contributed by atoms with Crippen LogP contribution in [0.3, 0.4) is 0 Å². The maximum Gasteiger partial charge on any atom is 0.377 e. The highest BCUT2D eigenvalue weighted by molar-refractivity contribution is 6.35. The number of nitrogens with two attached hydrogens (primary N) is 1. The Morgan fingerprint density at radius 1 is 1.14 bits per heavy atom. The molecule has 1 aliphatic carbocycles. The third-order valence-corrected chi connectivity index (χ3v) is 6.89. The van der Waals surface area contributed by atoms with Crippen molar-refractivity contribution < 1.29 is 29.6 Å². The third-order valence-electron chi connectivity index (χ3n) is 6.24. The molecule has 1 saturated carbocycles. The Hall–Kier alpha value is -3.21. The molecule has 9 nitrogen and oxygen atoms in total. The third kappa shape index (κ3) is 5.71. The van der Waals surface area contributed by atoms with Gasteiger partial charge >= 0.3 is 6.10 Å². The Labute approximate surface area is 223 Å². The van der Waals surface area contributed by atoms with Gasteiger partial charge in [0, 0.05) is 27.9 Å². The number of primary amides is 1. The predicted molar refractivity (Wildman–Crippen MR) is 138 cm³/mol. The van der Waals surface area contributed by atoms with Gasteiger partial charge in [0.2, 0.25) is 5.91 Å². The number of hydrogen-bond acceptors (Lipinski definition) is 7. The molecular formula is C26H25Cl2N3O6. The number of aromatic nitrogens is 1. The Kier molecular flexibility index (Phi) is 7.72. The summed E-state index contributed by atoms with van der Waals surface area (Å²) < 4.78 is 5.99. The summed E-state index contributed by atoms with van der Waals surface area (Å²) in [6, 6.07) is 10.7. The smallest absolute Gasteiger partial charge is 0.377 e. The van der Waals surface area contributed by atoms with Crippen LogP contribution in [0, 0.1) is 12.8 Å². The molecule has 0 bridgehead atoms. The summed E-state index contributed by atoms with van der Waals surface area (Å²) >= 11 is 12.6. The number of carbonyl (C=O) groups is 2. The first-order valence-electron chi connectivity index (χ1n) is 11.5. The van der Waals surface area contributed by atoms with Crippen molar-refractivity contribution in [2.45, 2.75) is 32.3 Å². The van der Waals surface area contributed by atoms with E-state index in [1.807, 2.05) is 0 Å². The van der Waals surface area contributed by atoms with Gasteiger partial charge in [-0.15, -0.1) is 0 Å². The summed E-state index contributed by atoms with van der Waals surface area (Å²) in [7, 11) is 0. The Bertz CT molecular complexity index is 1330. The quantitative estimate of drug-likeness (QED) is 0.314. The first-order valence-corrected chi connectivity index (χ1v) is 12.2. The summed E-state index contributed by atoms with van der Waals surface area (Å²) in [5.74, 6) is -1.78. The number of anilines is 1. The lowest BCUT2D eigenvalue weighted by Gasteiger charge is -2.32. The van der Waals surface area contributed by atoms with Crippen molar-refractivity contribution >= 4 is 40.8 Å². The van der Waals surface area contributed by atoms with Gasteiger partial charge in [-0.2, -0.15) is 0 Å². The second-order valence-electron chi connectivity index (χ2n) is 8.88. The number of aryl methyl sites for hydroxylation is 1. The monoisotopic (exact) mass is 545 g/mol. The van der Waals surface area contributed by atoms with E-state index in [2.05, 4.69) is 4.98 Å². The van der Waals surface area contributed by atoms with Crippen LogP contribution in [-0.2, 0) is 0 Å². The number of pyridine rings is 1. The minimum absolute atomic E-state index is 0.0236. The molecule has 0 spiro atoms. The van der Waals surface area contributed by atoms with Gasteiger partial charge in [0.25, 0.3) is 5.91 Å². The maximum atomic E-state index is 13.5. The van der Waals surface area contributed by atoms with Crippen LogP contribution in [0.25, 0.3) is 11.1 Å². The fourth-order valence-electron chi connectivity index (χ4n) is 4.01. The molecule has 1 aromatic heterocycles. The summed E-state index contributed by atoms with van der Waals surface area (Å²) in [5.41, 5.74) is 6.82. The summed E-state index contributed by atoms with van der Waals surface area (Å²) in [5, 5.41) is 31.1. The van der Waals surface area contributed by atoms with Crippen molar-refractivity contribution in [2.75, 3.05) is 11.5 Å². The van der Waals surface area contributed by atoms with Crippen LogP contribution >= 0.6 is 23.2 Å². The van der Waals surface area contributed by atoms with Crippen LogP contribution < -0.4 is 15.4 Å². The minimum atomic E-state index is -3.64. The Morgan fingerprint density at radius 3 is 2.46 bits per heavy atom. The van der Waals surface area contributed by atoms with Crippen LogP contribution in [0.4, 0.5) is 5.82 Å². The SMILES string of the molecule is Cc1cccc(Cl)c1C(=O)N(c1ncc(-c2cc(C(N)=O)ccc2Cl)cc1OCC1CCC1)C(O)(O)O. The number of amides is 2. The van der Waals surface area contributed by atoms with Crippen LogP contribution in [0.2, 0.25) is 10.0 Å². The van der Waals surface area contributed by atoms with E-state index in [1.165, 1.54) is 36.5 Å². The van der Waals surface area contributed by atoms with Crippen LogP contribution in [0.15, 0.2) is 48.7 Å². The van der Waals surface area contributed by atoms with Crippen molar-refractivity contribution in [2.24, 2.45) is 11.7 Å². The zero-order valence-electron chi connectivity index (χ0n) is 19.8. The molecule has 0 atom stereocenters. The average Bonchev–Trinajstić information content (AvgIpc) is 2.78. The van der Waals surface area contributed by atoms with Crippen molar-refractivity contribution in [3.8, 4) is 16.9 Å². The number of carbonyl (C=O) groups excluding carboxylic acids is 2. The van der Waals surface area contributed by atoms with E-state index >= 15 is 0 Å². The Morgan fingerprint density at radius 2 is 1.86 bits per heavy atom. The van der Waals surface area contributed by atoms with Crippen molar-refractivity contribution in [3.05, 3.63) is 75.4 Å². The van der Waals surface area contributed by atoms with Gasteiger partial charge in [-0.3, -0.25) is 9.59 Å². The zero-order chi connectivity index (χ0) is 26.9. The lowest BCUT2D eigenvalue weighted by molar-refractivity contribution is -0.304. The van der Waals surface area contributed by atoms with Crippen molar-refractivity contribution in [1.82, 2.24) is 4.98 Å². The molecule has 3 aromatic rings. The van der Waals surface area contributed by atoms with E-state index in [1.54, 1.807) is 19.1 Å². The van der Waals surface area contributed by atoms with E-state index in [9.17, 15) is 24.9 Å². The second kappa shape index (κ2) is 10.6. The second-order valence-corrected chi connectivity index (χ2v) is 9.70. The van der Waals surface area contributed by atoms with Gasteiger partial charge in [-0.25, -0.2) is 9.88 Å². The molecule has 0 aliphatic heterocycles. The molecule has 2 amide bonds. The van der Waals surface area contributed by atoms with Gasteiger partial charge < -0.3 is 25.8 Å². The number of rotatable bonds is 8. The average molecular weight is 546 g/mol. The topological polar surface area (TPSA) is 146 Å². The number of halogens is 2. The lowest BCUT2D eigenvalue weighted by atomic mass is 9.86. The largest absolute Gasteiger partial charge is 0.489 e. The maximum absolute atomic E-state index is 13.5. The molecule has 37 heavy (non-hydrogen) atoms. The van der Waals surface area contributed by atoms with E-state index < -0.39 is 17.9 Å². The summed E-state index contributed by atoms with van der Waals surface area (Å²) in [4.78, 5) is 29.8. The van der Waals surface area contributed by atoms with Crippen LogP contribution in [0.5, 0.6) is 5.75 Å². The number of benzene rings is 2. The standard InChI is InChI=1S/C26H25Cl2N3O6/c1-14-4-2-7-20(28)22(14)25(33)31(26(34,35)36)24-21(37-13-15-5-3-6-15)11-17(12-30-24)18-10-16(23(29)32)8-9-19(18)27/h2,4,7-12,15,34-36H,3,5-6,13H2,1H3,(H2,29,32). The fourth-order valence-corrected chi connectivity index (χ4v) is 4.54. The van der Waals surface area contributed by atoms with E-state index in [0.29, 0.717) is 26.6 Å². The number of aliphatic hydroxyl groups is 3. The van der Waals surface area contributed by atoms with Crippen LogP contribution in [0.1, 0.15) is 45.5 Å². The van der Waals surface area contributed by atoms with E-state index in [-0.39, 0.29) is 40.2 Å². The molecular weight excluding hydrogens is 521 g/mol. The van der Waals surface area contributed by atoms with Gasteiger partial charge in [-0.1, -0.05) is 41.8 Å². The molecule has 0 unspecified atom stereocenters. The molecule has 2 aromatic carbocycles. The minimum Gasteiger partial charge on any atom is -0.489 e. The molecule has 1 fully saturated rings. The molecule has 4 rings (SSSR count). The Balaban J connectivity index is 1.85. The zero-order valence-corrected chi connectivity index (χ0v) is 21.3. The van der Waals surface area contributed by atoms with Gasteiger partial charge in [0.15, 0.2) is 11.6 Å². The normalized spacial score (nSPS) is 13.7. The van der Waals surface area contributed by atoms with Crippen molar-refractivity contribution in [1.29, 1.82) is 0 Å². The van der Waals surface area contributed by atoms with E-state index in [4.69, 9.17) is 33.7 Å². The highest BCUT2D eigenvalue weighted by Gasteiger charge is 2.40. The molecule has 5 N–H and O–H groups in total. The molecule has 11 heteroatoms. The van der Waals surface area contributed by atoms with Gasteiger partial charge in [0.1, 0.15) is 0 Å². The van der Waals surface area contributed by atoms with Crippen molar-refractivity contribution in [3.63, 3.8) is 0 Å². The highest BCUT2D eigenvalue weighted by Crippen LogP contribution is 2.38. The molecule has 0 radical (unpaired) electrons. The number of hydrogen-bond donors (Lipinski definition) is 4. The molecule has 194 valence electrons. The predicted octanol–water partition coefficient (Wildman–Crippen LogP) is 3.88. The summed E-state index contributed by atoms with van der Waals surface area (Å²) in [6.07, 6.45) is 0.636. The lowest BCUT2D eigenvalue weighted by Crippen LogP contribution is -2.53. The summed E-state index contributed by atoms with van der Waals surface area (Å²) in [6.45, 7) is 1.89.